The molecule has 178 valence electrons. The second-order valence-corrected chi connectivity index (χ2v) is 10.2. The van der Waals surface area contributed by atoms with Crippen LogP contribution in [0.4, 0.5) is 11.4 Å². The van der Waals surface area contributed by atoms with Gasteiger partial charge in [-0.15, -0.1) is 0 Å². The Labute approximate surface area is 205 Å². The summed E-state index contributed by atoms with van der Waals surface area (Å²) < 4.78 is 28.2. The first-order valence-electron chi connectivity index (χ1n) is 9.97. The van der Waals surface area contributed by atoms with Crippen LogP contribution in [0, 0.1) is 24.0 Å². The lowest BCUT2D eigenvalue weighted by Gasteiger charge is -2.21. The van der Waals surface area contributed by atoms with E-state index in [4.69, 9.17) is 0 Å². The van der Waals surface area contributed by atoms with Gasteiger partial charge in [0.05, 0.1) is 28.8 Å². The van der Waals surface area contributed by atoms with Gasteiger partial charge in [0.1, 0.15) is 6.54 Å². The van der Waals surface area contributed by atoms with E-state index in [-0.39, 0.29) is 11.4 Å². The summed E-state index contributed by atoms with van der Waals surface area (Å²) in [4.78, 5) is 22.8. The Bertz CT molecular complexity index is 1380. The Morgan fingerprint density at radius 2 is 1.91 bits per heavy atom. The molecule has 0 radical (unpaired) electrons. The third-order valence-electron chi connectivity index (χ3n) is 4.97. The molecule has 12 heteroatoms. The number of para-hydroxylation sites is 1. The summed E-state index contributed by atoms with van der Waals surface area (Å²) in [5.74, 6) is -0.701. The third kappa shape index (κ3) is 5.69. The number of nitro benzene ring substituents is 1. The Kier molecular flexibility index (Phi) is 7.52. The van der Waals surface area contributed by atoms with Crippen LogP contribution >= 0.6 is 15.9 Å². The van der Waals surface area contributed by atoms with E-state index in [9.17, 15) is 23.3 Å². The summed E-state index contributed by atoms with van der Waals surface area (Å²) in [6.07, 6.45) is 2.39. The molecular weight excluding hydrogens is 526 g/mol. The van der Waals surface area contributed by atoms with Gasteiger partial charge in [-0.2, -0.15) is 5.10 Å². The van der Waals surface area contributed by atoms with Crippen LogP contribution in [-0.4, -0.2) is 42.8 Å². The number of amides is 1. The van der Waals surface area contributed by atoms with E-state index in [1.807, 2.05) is 48.7 Å². The minimum Gasteiger partial charge on any atom is -0.317 e. The van der Waals surface area contributed by atoms with Crippen molar-refractivity contribution in [3.8, 4) is 5.69 Å². The van der Waals surface area contributed by atoms with Gasteiger partial charge in [-0.05, 0) is 54.0 Å². The number of hydrogen-bond donors (Lipinski definition) is 1. The molecule has 1 aromatic heterocycles. The van der Waals surface area contributed by atoms with Crippen LogP contribution in [-0.2, 0) is 14.8 Å². The van der Waals surface area contributed by atoms with Crippen molar-refractivity contribution in [2.24, 2.45) is 5.10 Å². The van der Waals surface area contributed by atoms with Crippen LogP contribution in [0.1, 0.15) is 17.0 Å². The fourth-order valence-electron chi connectivity index (χ4n) is 3.42. The number of nitrogens with zero attached hydrogens (tertiary/aromatic N) is 4. The van der Waals surface area contributed by atoms with Gasteiger partial charge in [-0.25, -0.2) is 13.8 Å². The molecule has 0 unspecified atom stereocenters. The number of non-ortho nitro benzene ring substituents is 1. The van der Waals surface area contributed by atoms with Crippen molar-refractivity contribution in [1.82, 2.24) is 9.99 Å². The van der Waals surface area contributed by atoms with Crippen LogP contribution in [0.3, 0.4) is 0 Å². The maximum absolute atomic E-state index is 12.4. The van der Waals surface area contributed by atoms with Gasteiger partial charge >= 0.3 is 0 Å². The second-order valence-electron chi connectivity index (χ2n) is 7.45. The average Bonchev–Trinajstić information content (AvgIpc) is 3.04. The predicted octanol–water partition coefficient (Wildman–Crippen LogP) is 3.68. The smallest absolute Gasteiger partial charge is 0.271 e. The zero-order valence-corrected chi connectivity index (χ0v) is 21.0. The lowest BCUT2D eigenvalue weighted by Crippen LogP contribution is -2.39. The number of aryl methyl sites for hydroxylation is 1. The summed E-state index contributed by atoms with van der Waals surface area (Å²) in [5, 5.41) is 15.0. The highest BCUT2D eigenvalue weighted by atomic mass is 79.9. The van der Waals surface area contributed by atoms with E-state index in [0.717, 1.165) is 43.7 Å². The van der Waals surface area contributed by atoms with Crippen LogP contribution < -0.4 is 9.73 Å². The molecule has 0 aliphatic heterocycles. The van der Waals surface area contributed by atoms with Crippen molar-refractivity contribution in [3.05, 3.63) is 86.1 Å². The lowest BCUT2D eigenvalue weighted by molar-refractivity contribution is -0.384. The largest absolute Gasteiger partial charge is 0.317 e. The number of hydrogen-bond acceptors (Lipinski definition) is 6. The fourth-order valence-corrected chi connectivity index (χ4v) is 4.73. The van der Waals surface area contributed by atoms with Crippen LogP contribution in [0.2, 0.25) is 0 Å². The molecule has 0 atom stereocenters. The van der Waals surface area contributed by atoms with Crippen LogP contribution in [0.15, 0.2) is 64.2 Å². The van der Waals surface area contributed by atoms with Gasteiger partial charge < -0.3 is 4.57 Å². The number of carbonyl (C=O) groups is 1. The van der Waals surface area contributed by atoms with Crippen molar-refractivity contribution < 1.29 is 18.1 Å². The average molecular weight is 548 g/mol. The fraction of sp³-hybridized carbons (Fsp3) is 0.182. The van der Waals surface area contributed by atoms with Crippen LogP contribution in [0.5, 0.6) is 0 Å². The van der Waals surface area contributed by atoms with Crippen LogP contribution in [0.25, 0.3) is 5.69 Å². The van der Waals surface area contributed by atoms with Gasteiger partial charge in [0.15, 0.2) is 0 Å². The zero-order valence-electron chi connectivity index (χ0n) is 18.6. The second kappa shape index (κ2) is 10.2. The summed E-state index contributed by atoms with van der Waals surface area (Å²) in [6.45, 7) is 3.28. The number of rotatable bonds is 8. The number of nitrogens with one attached hydrogen (secondary N) is 1. The molecule has 0 saturated heterocycles. The van der Waals surface area contributed by atoms with Crippen molar-refractivity contribution >= 4 is 49.4 Å². The minimum absolute atomic E-state index is 0.00723. The molecule has 34 heavy (non-hydrogen) atoms. The number of anilines is 1. The maximum Gasteiger partial charge on any atom is 0.271 e. The molecule has 10 nitrogen and oxygen atoms in total. The van der Waals surface area contributed by atoms with Gasteiger partial charge in [0, 0.05) is 33.6 Å². The Hall–Kier alpha value is -3.51. The first-order valence-corrected chi connectivity index (χ1v) is 12.6. The van der Waals surface area contributed by atoms with Gasteiger partial charge in [0.2, 0.25) is 10.0 Å². The number of nitro groups is 1. The van der Waals surface area contributed by atoms with E-state index in [1.54, 1.807) is 0 Å². The maximum atomic E-state index is 12.4. The highest BCUT2D eigenvalue weighted by Crippen LogP contribution is 2.26. The molecule has 0 saturated carbocycles. The summed E-state index contributed by atoms with van der Waals surface area (Å²) >= 11 is 3.55. The number of aromatic nitrogens is 1. The molecule has 0 aliphatic rings. The Morgan fingerprint density at radius 1 is 1.21 bits per heavy atom. The molecule has 3 rings (SSSR count). The Morgan fingerprint density at radius 3 is 2.56 bits per heavy atom. The highest BCUT2D eigenvalue weighted by Gasteiger charge is 2.22. The van der Waals surface area contributed by atoms with E-state index in [0.29, 0.717) is 0 Å². The first kappa shape index (κ1) is 25.1. The molecule has 0 aliphatic carbocycles. The summed E-state index contributed by atoms with van der Waals surface area (Å²) in [6, 6.07) is 14.7. The summed E-state index contributed by atoms with van der Waals surface area (Å²) in [5.41, 5.74) is 5.63. The molecule has 3 aromatic rings. The topological polar surface area (TPSA) is 127 Å². The normalized spacial score (nSPS) is 11.5. The minimum atomic E-state index is -3.89. The molecule has 1 heterocycles. The molecule has 2 aromatic carbocycles. The predicted molar refractivity (Wildman–Crippen MR) is 134 cm³/mol. The number of halogens is 1. The molecule has 1 amide bonds. The monoisotopic (exact) mass is 547 g/mol. The number of hydrazone groups is 1. The van der Waals surface area contributed by atoms with Gasteiger partial charge in [-0.3, -0.25) is 19.2 Å². The molecule has 1 N–H and O–H groups in total. The molecule has 0 fully saturated rings. The number of carbonyl (C=O) groups excluding carboxylic acids is 1. The molecule has 0 bridgehead atoms. The van der Waals surface area contributed by atoms with E-state index in [1.165, 1.54) is 24.4 Å². The highest BCUT2D eigenvalue weighted by molar-refractivity contribution is 9.10. The van der Waals surface area contributed by atoms with Gasteiger partial charge in [0.25, 0.3) is 11.6 Å². The van der Waals surface area contributed by atoms with Crippen molar-refractivity contribution in [3.63, 3.8) is 0 Å². The molecule has 0 spiro atoms. The van der Waals surface area contributed by atoms with E-state index in [2.05, 4.69) is 26.5 Å². The van der Waals surface area contributed by atoms with Crippen molar-refractivity contribution in [1.29, 1.82) is 0 Å². The van der Waals surface area contributed by atoms with E-state index >= 15 is 0 Å². The van der Waals surface area contributed by atoms with Crippen molar-refractivity contribution in [2.75, 3.05) is 17.1 Å². The van der Waals surface area contributed by atoms with Gasteiger partial charge in [-0.1, -0.05) is 18.2 Å². The third-order valence-corrected chi connectivity index (χ3v) is 6.78. The van der Waals surface area contributed by atoms with Crippen molar-refractivity contribution in [2.45, 2.75) is 13.8 Å². The standard InChI is InChI=1S/C22H22BrN5O5S/c1-15-11-17(16(2)27(15)21-10-5-4-9-20(21)23)13-24-25-22(29)14-26(34(3,32)33)18-7-6-8-19(12-18)28(30)31/h4-13H,14H2,1-3H3,(H,25,29)/b24-13-. The first-order chi connectivity index (χ1) is 16.0. The number of sulfonamides is 1. The molecular formula is C22H22BrN5O5S. The SMILES string of the molecule is Cc1cc(/C=N\NC(=O)CN(c2cccc([N+](=O)[O-])c2)S(C)(=O)=O)c(C)n1-c1ccccc1Br. The number of benzene rings is 2. The zero-order chi connectivity index (χ0) is 25.0. The summed E-state index contributed by atoms with van der Waals surface area (Å²) in [7, 11) is -3.89. The quantitative estimate of drug-likeness (QED) is 0.261. The lowest BCUT2D eigenvalue weighted by atomic mass is 10.2. The van der Waals surface area contributed by atoms with E-state index < -0.39 is 27.4 Å². The Balaban J connectivity index is 1.77.